The summed E-state index contributed by atoms with van der Waals surface area (Å²) in [5.41, 5.74) is 2.51. The Labute approximate surface area is 119 Å². The highest BCUT2D eigenvalue weighted by atomic mass is 14.8. The summed E-state index contributed by atoms with van der Waals surface area (Å²) in [4.78, 5) is 4.52. The van der Waals surface area contributed by atoms with E-state index >= 15 is 0 Å². The largest absolute Gasteiger partial charge is 0.316 e. The number of nitrogens with zero attached hydrogens (tertiary/aromatic N) is 1. The molecule has 0 aliphatic carbocycles. The molecule has 0 atom stereocenters. The molecule has 0 aliphatic rings. The molecule has 2 heteroatoms. The fraction of sp³-hybridized carbons (Fsp3) is 0.706. The predicted octanol–water partition coefficient (Wildman–Crippen LogP) is 4.48. The van der Waals surface area contributed by atoms with Gasteiger partial charge in [-0.3, -0.25) is 4.98 Å². The van der Waals surface area contributed by atoms with Crippen molar-refractivity contribution in [3.63, 3.8) is 0 Å². The molecule has 0 fully saturated rings. The maximum atomic E-state index is 4.52. The highest BCUT2D eigenvalue weighted by Crippen LogP contribution is 2.10. The molecular weight excluding hydrogens is 232 g/mol. The van der Waals surface area contributed by atoms with Crippen LogP contribution in [0.2, 0.25) is 0 Å². The van der Waals surface area contributed by atoms with Crippen molar-refractivity contribution in [2.24, 2.45) is 0 Å². The first-order chi connectivity index (χ1) is 9.36. The first-order valence-corrected chi connectivity index (χ1v) is 7.95. The zero-order chi connectivity index (χ0) is 13.8. The fourth-order valence-electron chi connectivity index (χ4n) is 2.35. The van der Waals surface area contributed by atoms with Crippen LogP contribution in [-0.4, -0.2) is 12.0 Å². The van der Waals surface area contributed by atoms with Crippen LogP contribution in [0.4, 0.5) is 0 Å². The highest BCUT2D eigenvalue weighted by Gasteiger charge is 1.97. The van der Waals surface area contributed by atoms with Crippen molar-refractivity contribution in [2.45, 2.75) is 71.3 Å². The van der Waals surface area contributed by atoms with Gasteiger partial charge in [0.05, 0.1) is 0 Å². The number of hydrogen-bond donors (Lipinski definition) is 1. The second-order valence-electron chi connectivity index (χ2n) is 5.41. The minimum absolute atomic E-state index is 0.908. The number of aryl methyl sites for hydroxylation is 1. The van der Waals surface area contributed by atoms with E-state index in [1.165, 1.54) is 62.6 Å². The van der Waals surface area contributed by atoms with Crippen molar-refractivity contribution >= 4 is 0 Å². The number of rotatable bonds is 11. The summed E-state index contributed by atoms with van der Waals surface area (Å²) >= 11 is 0. The molecule has 108 valence electrons. The molecule has 0 saturated carbocycles. The van der Waals surface area contributed by atoms with E-state index in [1.807, 2.05) is 13.2 Å². The van der Waals surface area contributed by atoms with Gasteiger partial charge in [-0.1, -0.05) is 57.9 Å². The Morgan fingerprint density at radius 3 is 2.21 bits per heavy atom. The van der Waals surface area contributed by atoms with E-state index in [0.29, 0.717) is 0 Å². The van der Waals surface area contributed by atoms with Crippen LogP contribution in [0, 0.1) is 0 Å². The Balaban J connectivity index is 2.02. The van der Waals surface area contributed by atoms with Crippen LogP contribution in [-0.2, 0) is 13.0 Å². The highest BCUT2D eigenvalue weighted by molar-refractivity contribution is 5.13. The summed E-state index contributed by atoms with van der Waals surface area (Å²) in [5, 5.41) is 3.14. The minimum Gasteiger partial charge on any atom is -0.316 e. The monoisotopic (exact) mass is 262 g/mol. The molecule has 0 radical (unpaired) electrons. The van der Waals surface area contributed by atoms with Gasteiger partial charge < -0.3 is 5.32 Å². The van der Waals surface area contributed by atoms with Crippen LogP contribution >= 0.6 is 0 Å². The summed E-state index contributed by atoms with van der Waals surface area (Å²) in [6.07, 6.45) is 14.2. The summed E-state index contributed by atoms with van der Waals surface area (Å²) in [5.74, 6) is 0. The van der Waals surface area contributed by atoms with E-state index in [2.05, 4.69) is 29.4 Å². The molecule has 1 rings (SSSR count). The molecular formula is C17H30N2. The second-order valence-corrected chi connectivity index (χ2v) is 5.41. The quantitative estimate of drug-likeness (QED) is 0.595. The van der Waals surface area contributed by atoms with Crippen molar-refractivity contribution in [3.05, 3.63) is 29.6 Å². The molecule has 1 heterocycles. The summed E-state index contributed by atoms with van der Waals surface area (Å²) in [7, 11) is 1.97. The lowest BCUT2D eigenvalue weighted by atomic mass is 10.1. The average molecular weight is 262 g/mol. The van der Waals surface area contributed by atoms with E-state index in [0.717, 1.165) is 13.0 Å². The van der Waals surface area contributed by atoms with E-state index in [4.69, 9.17) is 0 Å². The Morgan fingerprint density at radius 2 is 1.63 bits per heavy atom. The molecule has 0 saturated heterocycles. The molecule has 0 spiro atoms. The van der Waals surface area contributed by atoms with Crippen molar-refractivity contribution in [1.82, 2.24) is 10.3 Å². The van der Waals surface area contributed by atoms with E-state index in [9.17, 15) is 0 Å². The Morgan fingerprint density at radius 1 is 0.947 bits per heavy atom. The molecule has 1 aromatic heterocycles. The van der Waals surface area contributed by atoms with Gasteiger partial charge >= 0.3 is 0 Å². The molecule has 0 aromatic carbocycles. The third kappa shape index (κ3) is 7.99. The maximum absolute atomic E-state index is 4.52. The Kier molecular flexibility index (Phi) is 9.34. The lowest BCUT2D eigenvalue weighted by Crippen LogP contribution is -2.05. The smallest absolute Gasteiger partial charge is 0.0403 e. The van der Waals surface area contributed by atoms with Gasteiger partial charge in [0.2, 0.25) is 0 Å². The number of hydrogen-bond acceptors (Lipinski definition) is 2. The number of aromatic nitrogens is 1. The summed E-state index contributed by atoms with van der Waals surface area (Å²) < 4.78 is 0. The SMILES string of the molecule is CCCCCCCCCCc1ccc(CNC)cn1. The zero-order valence-electron chi connectivity index (χ0n) is 12.8. The van der Waals surface area contributed by atoms with Crippen LogP contribution < -0.4 is 5.32 Å². The normalized spacial score (nSPS) is 10.8. The van der Waals surface area contributed by atoms with Gasteiger partial charge in [-0.15, -0.1) is 0 Å². The van der Waals surface area contributed by atoms with Crippen molar-refractivity contribution < 1.29 is 0 Å². The van der Waals surface area contributed by atoms with Crippen LogP contribution in [0.1, 0.15) is 69.5 Å². The molecule has 2 nitrogen and oxygen atoms in total. The molecule has 19 heavy (non-hydrogen) atoms. The third-order valence-electron chi connectivity index (χ3n) is 3.55. The average Bonchev–Trinajstić information content (AvgIpc) is 2.44. The van der Waals surface area contributed by atoms with Gasteiger partial charge in [0, 0.05) is 18.4 Å². The number of pyridine rings is 1. The third-order valence-corrected chi connectivity index (χ3v) is 3.55. The molecule has 0 amide bonds. The molecule has 0 aliphatic heterocycles. The topological polar surface area (TPSA) is 24.9 Å². The number of nitrogens with one attached hydrogen (secondary N) is 1. The van der Waals surface area contributed by atoms with Crippen LogP contribution in [0.25, 0.3) is 0 Å². The van der Waals surface area contributed by atoms with Crippen molar-refractivity contribution in [1.29, 1.82) is 0 Å². The van der Waals surface area contributed by atoms with E-state index in [-0.39, 0.29) is 0 Å². The molecule has 0 unspecified atom stereocenters. The Bertz CT molecular complexity index is 306. The zero-order valence-corrected chi connectivity index (χ0v) is 12.8. The lowest BCUT2D eigenvalue weighted by Gasteiger charge is -2.04. The van der Waals surface area contributed by atoms with E-state index in [1.54, 1.807) is 0 Å². The van der Waals surface area contributed by atoms with Gasteiger partial charge in [-0.25, -0.2) is 0 Å². The van der Waals surface area contributed by atoms with Crippen molar-refractivity contribution in [2.75, 3.05) is 7.05 Å². The van der Waals surface area contributed by atoms with Gasteiger partial charge in [-0.2, -0.15) is 0 Å². The van der Waals surface area contributed by atoms with Gasteiger partial charge in [0.25, 0.3) is 0 Å². The van der Waals surface area contributed by atoms with E-state index < -0.39 is 0 Å². The summed E-state index contributed by atoms with van der Waals surface area (Å²) in [6, 6.07) is 4.36. The van der Waals surface area contributed by atoms with Crippen LogP contribution in [0.3, 0.4) is 0 Å². The second kappa shape index (κ2) is 11.0. The fourth-order valence-corrected chi connectivity index (χ4v) is 2.35. The standard InChI is InChI=1S/C17H30N2/c1-3-4-5-6-7-8-9-10-11-17-13-12-16(14-18-2)15-19-17/h12-13,15,18H,3-11,14H2,1-2H3. The molecule has 0 bridgehead atoms. The first kappa shape index (κ1) is 16.2. The van der Waals surface area contributed by atoms with Crippen LogP contribution in [0.15, 0.2) is 18.3 Å². The minimum atomic E-state index is 0.908. The maximum Gasteiger partial charge on any atom is 0.0403 e. The first-order valence-electron chi connectivity index (χ1n) is 7.95. The van der Waals surface area contributed by atoms with Gasteiger partial charge in [0.1, 0.15) is 0 Å². The lowest BCUT2D eigenvalue weighted by molar-refractivity contribution is 0.574. The molecule has 1 N–H and O–H groups in total. The van der Waals surface area contributed by atoms with Crippen LogP contribution in [0.5, 0.6) is 0 Å². The van der Waals surface area contributed by atoms with Gasteiger partial charge in [0.15, 0.2) is 0 Å². The summed E-state index contributed by atoms with van der Waals surface area (Å²) in [6.45, 7) is 3.18. The molecule has 1 aromatic rings. The number of unbranched alkanes of at least 4 members (excludes halogenated alkanes) is 7. The predicted molar refractivity (Wildman–Crippen MR) is 83.3 cm³/mol. The Hall–Kier alpha value is -0.890. The van der Waals surface area contributed by atoms with Gasteiger partial charge in [-0.05, 0) is 31.5 Å². The van der Waals surface area contributed by atoms with Crippen molar-refractivity contribution in [3.8, 4) is 0 Å².